The molecule has 0 bridgehead atoms. The maximum Gasteiger partial charge on any atom is 0.323 e. The largest absolute Gasteiger partial charge is 0.368 e. The first-order chi connectivity index (χ1) is 15.6. The van der Waals surface area contributed by atoms with Crippen molar-refractivity contribution >= 4 is 29.0 Å². The van der Waals surface area contributed by atoms with Gasteiger partial charge in [0.05, 0.1) is 0 Å². The second kappa shape index (κ2) is 10.0. The molecule has 0 unspecified atom stereocenters. The van der Waals surface area contributed by atoms with E-state index in [1.165, 1.54) is 5.56 Å². The number of benzene rings is 3. The number of nitrogens with zero attached hydrogens (tertiary/aromatic N) is 2. The Bertz CT molecular complexity index is 1040. The van der Waals surface area contributed by atoms with Crippen molar-refractivity contribution in [3.05, 3.63) is 90.0 Å². The molecule has 1 saturated heterocycles. The third-order valence-corrected chi connectivity index (χ3v) is 5.70. The molecule has 0 radical (unpaired) electrons. The molecule has 0 aliphatic carbocycles. The minimum Gasteiger partial charge on any atom is -0.368 e. The second-order valence-electron chi connectivity index (χ2n) is 7.82. The van der Waals surface area contributed by atoms with Gasteiger partial charge in [-0.15, -0.1) is 0 Å². The van der Waals surface area contributed by atoms with E-state index in [9.17, 15) is 9.59 Å². The lowest BCUT2D eigenvalue weighted by molar-refractivity contribution is 0.0747. The van der Waals surface area contributed by atoms with Gasteiger partial charge in [-0.25, -0.2) is 4.79 Å². The Balaban J connectivity index is 1.28. The van der Waals surface area contributed by atoms with Crippen LogP contribution in [0.4, 0.5) is 21.9 Å². The van der Waals surface area contributed by atoms with Crippen LogP contribution in [0, 0.1) is 0 Å². The van der Waals surface area contributed by atoms with Crippen molar-refractivity contribution in [2.75, 3.05) is 41.7 Å². The van der Waals surface area contributed by atoms with Gasteiger partial charge in [0.2, 0.25) is 0 Å². The van der Waals surface area contributed by atoms with E-state index in [2.05, 4.69) is 22.5 Å². The molecular weight excluding hydrogens is 400 g/mol. The summed E-state index contributed by atoms with van der Waals surface area (Å²) >= 11 is 0. The number of amides is 3. The SMILES string of the molecule is CCc1ccc(NC(=O)Nc2ccc(N3CCN(C(=O)c4ccccc4)CC3)cc2)cc1. The summed E-state index contributed by atoms with van der Waals surface area (Å²) in [7, 11) is 0. The average molecular weight is 429 g/mol. The Kier molecular flexibility index (Phi) is 6.70. The van der Waals surface area contributed by atoms with Gasteiger partial charge in [-0.1, -0.05) is 37.3 Å². The maximum absolute atomic E-state index is 12.6. The highest BCUT2D eigenvalue weighted by atomic mass is 16.2. The quantitative estimate of drug-likeness (QED) is 0.610. The molecule has 164 valence electrons. The first kappa shape index (κ1) is 21.4. The number of hydrogen-bond donors (Lipinski definition) is 2. The summed E-state index contributed by atoms with van der Waals surface area (Å²) in [4.78, 5) is 29.0. The van der Waals surface area contributed by atoms with E-state index in [-0.39, 0.29) is 11.9 Å². The van der Waals surface area contributed by atoms with E-state index in [0.29, 0.717) is 13.1 Å². The van der Waals surface area contributed by atoms with Crippen LogP contribution in [0.2, 0.25) is 0 Å². The van der Waals surface area contributed by atoms with E-state index in [1.807, 2.05) is 83.8 Å². The molecule has 6 heteroatoms. The van der Waals surface area contributed by atoms with Crippen LogP contribution >= 0.6 is 0 Å². The number of nitrogens with one attached hydrogen (secondary N) is 2. The topological polar surface area (TPSA) is 64.7 Å². The standard InChI is InChI=1S/C26H28N4O2/c1-2-20-8-10-22(11-9-20)27-26(32)28-23-12-14-24(15-13-23)29-16-18-30(19-17-29)25(31)21-6-4-3-5-7-21/h3-15H,2,16-19H2,1H3,(H2,27,28,32). The molecule has 2 N–H and O–H groups in total. The lowest BCUT2D eigenvalue weighted by atomic mass is 10.1. The lowest BCUT2D eigenvalue weighted by Gasteiger charge is -2.36. The van der Waals surface area contributed by atoms with Gasteiger partial charge in [-0.05, 0) is 60.5 Å². The van der Waals surface area contributed by atoms with Crippen molar-refractivity contribution in [1.82, 2.24) is 4.90 Å². The van der Waals surface area contributed by atoms with Gasteiger partial charge < -0.3 is 20.4 Å². The van der Waals surface area contributed by atoms with Crippen molar-refractivity contribution in [3.63, 3.8) is 0 Å². The number of urea groups is 1. The molecule has 6 nitrogen and oxygen atoms in total. The smallest absolute Gasteiger partial charge is 0.323 e. The molecule has 0 saturated carbocycles. The number of hydrogen-bond acceptors (Lipinski definition) is 3. The summed E-state index contributed by atoms with van der Waals surface area (Å²) in [6.07, 6.45) is 0.969. The van der Waals surface area contributed by atoms with Gasteiger partial charge in [0, 0.05) is 48.8 Å². The second-order valence-corrected chi connectivity index (χ2v) is 7.82. The summed E-state index contributed by atoms with van der Waals surface area (Å²) in [5.41, 5.74) is 4.54. The van der Waals surface area contributed by atoms with E-state index < -0.39 is 0 Å². The fraction of sp³-hybridized carbons (Fsp3) is 0.231. The molecule has 1 aliphatic heterocycles. The zero-order chi connectivity index (χ0) is 22.3. The number of carbonyl (C=O) groups is 2. The van der Waals surface area contributed by atoms with Crippen molar-refractivity contribution in [2.24, 2.45) is 0 Å². The Hall–Kier alpha value is -3.80. The Morgan fingerprint density at radius 1 is 0.750 bits per heavy atom. The first-order valence-electron chi connectivity index (χ1n) is 11.0. The summed E-state index contributed by atoms with van der Waals surface area (Å²) in [6.45, 7) is 5.03. The molecule has 1 aliphatic rings. The minimum atomic E-state index is -0.268. The number of rotatable bonds is 5. The van der Waals surface area contributed by atoms with Crippen molar-refractivity contribution < 1.29 is 9.59 Å². The summed E-state index contributed by atoms with van der Waals surface area (Å²) in [6, 6.07) is 24.8. The van der Waals surface area contributed by atoms with E-state index in [4.69, 9.17) is 0 Å². The predicted octanol–water partition coefficient (Wildman–Crippen LogP) is 4.86. The first-order valence-corrected chi connectivity index (χ1v) is 11.0. The molecule has 3 aromatic carbocycles. The number of aryl methyl sites for hydroxylation is 1. The molecule has 1 fully saturated rings. The fourth-order valence-electron chi connectivity index (χ4n) is 3.80. The van der Waals surface area contributed by atoms with E-state index in [1.54, 1.807) is 0 Å². The van der Waals surface area contributed by atoms with Gasteiger partial charge in [0.25, 0.3) is 5.91 Å². The van der Waals surface area contributed by atoms with E-state index in [0.717, 1.165) is 42.1 Å². The van der Waals surface area contributed by atoms with Crippen LogP contribution in [0.5, 0.6) is 0 Å². The molecule has 0 atom stereocenters. The van der Waals surface area contributed by atoms with Crippen molar-refractivity contribution in [2.45, 2.75) is 13.3 Å². The lowest BCUT2D eigenvalue weighted by Crippen LogP contribution is -2.48. The van der Waals surface area contributed by atoms with Crippen molar-refractivity contribution in [3.8, 4) is 0 Å². The third-order valence-electron chi connectivity index (χ3n) is 5.70. The maximum atomic E-state index is 12.6. The normalized spacial score (nSPS) is 13.5. The van der Waals surface area contributed by atoms with Gasteiger partial charge >= 0.3 is 6.03 Å². The molecule has 3 amide bonds. The molecule has 0 aromatic heterocycles. The fourth-order valence-corrected chi connectivity index (χ4v) is 3.80. The van der Waals surface area contributed by atoms with Crippen LogP contribution in [0.1, 0.15) is 22.8 Å². The molecule has 0 spiro atoms. The zero-order valence-corrected chi connectivity index (χ0v) is 18.3. The van der Waals surface area contributed by atoms with Gasteiger partial charge in [-0.2, -0.15) is 0 Å². The van der Waals surface area contributed by atoms with Gasteiger partial charge in [0.1, 0.15) is 0 Å². The molecule has 3 aromatic rings. The monoisotopic (exact) mass is 428 g/mol. The summed E-state index contributed by atoms with van der Waals surface area (Å²) in [5.74, 6) is 0.0835. The highest BCUT2D eigenvalue weighted by Crippen LogP contribution is 2.20. The van der Waals surface area contributed by atoms with E-state index >= 15 is 0 Å². The van der Waals surface area contributed by atoms with Crippen LogP contribution in [-0.2, 0) is 6.42 Å². The molecule has 32 heavy (non-hydrogen) atoms. The minimum absolute atomic E-state index is 0.0835. The Morgan fingerprint density at radius 3 is 1.88 bits per heavy atom. The third kappa shape index (κ3) is 5.27. The van der Waals surface area contributed by atoms with Crippen molar-refractivity contribution in [1.29, 1.82) is 0 Å². The summed E-state index contributed by atoms with van der Waals surface area (Å²) < 4.78 is 0. The molecule has 1 heterocycles. The van der Waals surface area contributed by atoms with Crippen LogP contribution in [0.3, 0.4) is 0 Å². The van der Waals surface area contributed by atoms with Crippen LogP contribution in [-0.4, -0.2) is 43.0 Å². The predicted molar refractivity (Wildman–Crippen MR) is 129 cm³/mol. The highest BCUT2D eigenvalue weighted by Gasteiger charge is 2.22. The van der Waals surface area contributed by atoms with Crippen LogP contribution in [0.25, 0.3) is 0 Å². The van der Waals surface area contributed by atoms with Gasteiger partial charge in [-0.3, -0.25) is 4.79 Å². The van der Waals surface area contributed by atoms with Crippen LogP contribution in [0.15, 0.2) is 78.9 Å². The average Bonchev–Trinajstić information content (AvgIpc) is 2.85. The molecular formula is C26H28N4O2. The van der Waals surface area contributed by atoms with Gasteiger partial charge in [0.15, 0.2) is 0 Å². The number of anilines is 3. The highest BCUT2D eigenvalue weighted by molar-refractivity contribution is 5.99. The Labute approximate surface area is 188 Å². The Morgan fingerprint density at radius 2 is 1.31 bits per heavy atom. The number of carbonyl (C=O) groups excluding carboxylic acids is 2. The number of piperazine rings is 1. The molecule has 4 rings (SSSR count). The summed E-state index contributed by atoms with van der Waals surface area (Å²) in [5, 5.41) is 5.72. The van der Waals surface area contributed by atoms with Crippen LogP contribution < -0.4 is 15.5 Å². The zero-order valence-electron chi connectivity index (χ0n) is 18.3.